The van der Waals surface area contributed by atoms with Crippen molar-refractivity contribution in [3.05, 3.63) is 0 Å². The summed E-state index contributed by atoms with van der Waals surface area (Å²) in [6.45, 7) is 2.71. The minimum atomic E-state index is -0.964. The summed E-state index contributed by atoms with van der Waals surface area (Å²) < 4.78 is 5.91. The molecule has 0 spiro atoms. The van der Waals surface area contributed by atoms with Gasteiger partial charge in [0.05, 0.1) is 33.7 Å². The summed E-state index contributed by atoms with van der Waals surface area (Å²) in [4.78, 5) is 23.1. The number of carbonyl (C=O) groups is 2. The van der Waals surface area contributed by atoms with Gasteiger partial charge in [0.15, 0.2) is 6.10 Å². The first-order chi connectivity index (χ1) is 14.6. The van der Waals surface area contributed by atoms with Crippen molar-refractivity contribution < 1.29 is 29.0 Å². The number of ether oxygens (including phenoxy) is 1. The van der Waals surface area contributed by atoms with Crippen LogP contribution in [0.3, 0.4) is 0 Å². The van der Waals surface area contributed by atoms with Crippen LogP contribution in [0.25, 0.3) is 0 Å². The van der Waals surface area contributed by atoms with Crippen LogP contribution in [0.2, 0.25) is 0 Å². The molecule has 0 bridgehead atoms. The number of quaternary nitrogens is 1. The van der Waals surface area contributed by atoms with Gasteiger partial charge in [-0.15, -0.1) is 0 Å². The third kappa shape index (κ3) is 21.9. The monoisotopic (exact) mass is 444 g/mol. The number of likely N-dealkylation sites (N-methyl/N-ethyl adjacent to an activating group) is 1. The number of esters is 1. The van der Waals surface area contributed by atoms with E-state index in [4.69, 9.17) is 9.84 Å². The Bertz CT molecular complexity index is 461. The number of aliphatic carboxylic acids is 1. The van der Waals surface area contributed by atoms with Gasteiger partial charge in [-0.3, -0.25) is 9.59 Å². The van der Waals surface area contributed by atoms with Crippen LogP contribution in [-0.2, 0) is 14.3 Å². The minimum absolute atomic E-state index is 0.178. The highest BCUT2D eigenvalue weighted by Gasteiger charge is 2.24. The molecule has 0 aliphatic heterocycles. The van der Waals surface area contributed by atoms with Crippen LogP contribution >= 0.6 is 0 Å². The summed E-state index contributed by atoms with van der Waals surface area (Å²) in [5.41, 5.74) is 0. The normalized spacial score (nSPS) is 13.7. The van der Waals surface area contributed by atoms with Gasteiger partial charge in [-0.05, 0) is 19.3 Å². The lowest BCUT2D eigenvalue weighted by Gasteiger charge is -2.28. The highest BCUT2D eigenvalue weighted by atomic mass is 16.5. The summed E-state index contributed by atoms with van der Waals surface area (Å²) in [5, 5.41) is 19.1. The van der Waals surface area contributed by atoms with E-state index in [0.717, 1.165) is 19.3 Å². The van der Waals surface area contributed by atoms with Crippen molar-refractivity contribution in [1.29, 1.82) is 0 Å². The van der Waals surface area contributed by atoms with Gasteiger partial charge in [0.1, 0.15) is 6.54 Å². The summed E-state index contributed by atoms with van der Waals surface area (Å²) >= 11 is 0. The van der Waals surface area contributed by atoms with Crippen LogP contribution in [0.4, 0.5) is 0 Å². The number of carboxylic acids is 1. The van der Waals surface area contributed by atoms with Crippen molar-refractivity contribution in [2.24, 2.45) is 0 Å². The Morgan fingerprint density at radius 1 is 0.806 bits per heavy atom. The molecule has 0 heterocycles. The van der Waals surface area contributed by atoms with Crippen LogP contribution < -0.4 is 0 Å². The first kappa shape index (κ1) is 29.9. The molecule has 0 radical (unpaired) electrons. The average molecular weight is 445 g/mol. The van der Waals surface area contributed by atoms with Crippen LogP contribution in [-0.4, -0.2) is 66.5 Å². The second kappa shape index (κ2) is 18.4. The quantitative estimate of drug-likeness (QED) is 0.142. The number of unbranched alkanes of at least 4 members (excludes halogenated alkanes) is 10. The van der Waals surface area contributed by atoms with E-state index in [-0.39, 0.29) is 24.9 Å². The molecule has 0 aromatic rings. The van der Waals surface area contributed by atoms with Crippen molar-refractivity contribution in [3.8, 4) is 0 Å². The fourth-order valence-electron chi connectivity index (χ4n) is 3.86. The predicted molar refractivity (Wildman–Crippen MR) is 126 cm³/mol. The molecule has 2 N–H and O–H groups in total. The SMILES string of the molecule is CCCCCCCCCCCCCC(O)CCCC(=O)OC(CC(=O)O)C[N+](C)(C)C. The highest BCUT2D eigenvalue weighted by Crippen LogP contribution is 2.15. The fourth-order valence-corrected chi connectivity index (χ4v) is 3.86. The predicted octanol–water partition coefficient (Wildman–Crippen LogP) is 5.31. The molecule has 0 saturated heterocycles. The number of carboxylic acid groups (broad SMARTS) is 1. The largest absolute Gasteiger partial charge is 0.481 e. The van der Waals surface area contributed by atoms with E-state index in [1.165, 1.54) is 57.8 Å². The number of carbonyl (C=O) groups excluding carboxylic acids is 1. The summed E-state index contributed by atoms with van der Waals surface area (Å²) in [5.74, 6) is -1.34. The van der Waals surface area contributed by atoms with Crippen molar-refractivity contribution in [1.82, 2.24) is 0 Å². The first-order valence-corrected chi connectivity index (χ1v) is 12.5. The number of hydrogen-bond donors (Lipinski definition) is 2. The first-order valence-electron chi connectivity index (χ1n) is 12.5. The number of nitrogens with zero attached hydrogens (tertiary/aromatic N) is 1. The van der Waals surface area contributed by atoms with E-state index in [0.29, 0.717) is 23.9 Å². The Balaban J connectivity index is 3.73. The van der Waals surface area contributed by atoms with E-state index >= 15 is 0 Å². The number of aliphatic hydroxyl groups excluding tert-OH is 1. The topological polar surface area (TPSA) is 83.8 Å². The Morgan fingerprint density at radius 3 is 1.77 bits per heavy atom. The van der Waals surface area contributed by atoms with Gasteiger partial charge in [-0.25, -0.2) is 0 Å². The molecule has 6 nitrogen and oxygen atoms in total. The van der Waals surface area contributed by atoms with Crippen molar-refractivity contribution in [2.45, 2.75) is 122 Å². The van der Waals surface area contributed by atoms with Crippen LogP contribution in [0, 0.1) is 0 Å². The Kier molecular flexibility index (Phi) is 17.8. The van der Waals surface area contributed by atoms with Crippen LogP contribution in [0.15, 0.2) is 0 Å². The molecule has 0 aliphatic carbocycles. The van der Waals surface area contributed by atoms with E-state index in [9.17, 15) is 14.7 Å². The molecular formula is C25H50NO5+. The van der Waals surface area contributed by atoms with Gasteiger partial charge >= 0.3 is 11.9 Å². The maximum absolute atomic E-state index is 12.1. The van der Waals surface area contributed by atoms with Crippen molar-refractivity contribution >= 4 is 11.9 Å². The van der Waals surface area contributed by atoms with E-state index < -0.39 is 12.1 Å². The molecule has 0 aromatic heterocycles. The maximum Gasteiger partial charge on any atom is 0.307 e. The summed E-state index contributed by atoms with van der Waals surface area (Å²) in [6.07, 6.45) is 15.2. The standard InChI is InChI=1S/C25H49NO5/c1-5-6-7-8-9-10-11-12-13-14-15-17-22(27)18-16-19-25(30)31-23(20-24(28)29)21-26(2,3)4/h22-23,27H,5-21H2,1-4H3/p+1. The number of hydrogen-bond acceptors (Lipinski definition) is 4. The molecule has 6 heteroatoms. The zero-order valence-corrected chi connectivity index (χ0v) is 20.7. The van der Waals surface area contributed by atoms with Gasteiger partial charge in [-0.2, -0.15) is 0 Å². The molecule has 0 rings (SSSR count). The van der Waals surface area contributed by atoms with E-state index in [1.807, 2.05) is 21.1 Å². The van der Waals surface area contributed by atoms with Gasteiger partial charge in [0, 0.05) is 6.42 Å². The van der Waals surface area contributed by atoms with Crippen molar-refractivity contribution in [3.63, 3.8) is 0 Å². The van der Waals surface area contributed by atoms with Gasteiger partial charge < -0.3 is 19.4 Å². The smallest absolute Gasteiger partial charge is 0.307 e. The number of aliphatic hydroxyl groups is 1. The molecule has 0 fully saturated rings. The number of rotatable bonds is 21. The van der Waals surface area contributed by atoms with Gasteiger partial charge in [0.2, 0.25) is 0 Å². The lowest BCUT2D eigenvalue weighted by atomic mass is 10.0. The molecule has 0 amide bonds. The molecule has 0 aliphatic rings. The summed E-state index contributed by atoms with van der Waals surface area (Å²) in [6, 6.07) is 0. The molecule has 184 valence electrons. The highest BCUT2D eigenvalue weighted by molar-refractivity contribution is 5.71. The van der Waals surface area contributed by atoms with Crippen LogP contribution in [0.1, 0.15) is 110 Å². The lowest BCUT2D eigenvalue weighted by Crippen LogP contribution is -2.43. The van der Waals surface area contributed by atoms with Crippen LogP contribution in [0.5, 0.6) is 0 Å². The zero-order valence-electron chi connectivity index (χ0n) is 20.7. The average Bonchev–Trinajstić information content (AvgIpc) is 2.64. The second-order valence-electron chi connectivity index (χ2n) is 10.1. The van der Waals surface area contributed by atoms with Gasteiger partial charge in [0.25, 0.3) is 0 Å². The Hall–Kier alpha value is -1.14. The molecular weight excluding hydrogens is 394 g/mol. The third-order valence-corrected chi connectivity index (χ3v) is 5.51. The van der Waals surface area contributed by atoms with Gasteiger partial charge in [-0.1, -0.05) is 77.6 Å². The third-order valence-electron chi connectivity index (χ3n) is 5.51. The minimum Gasteiger partial charge on any atom is -0.481 e. The molecule has 31 heavy (non-hydrogen) atoms. The molecule has 0 aromatic carbocycles. The van der Waals surface area contributed by atoms with Crippen molar-refractivity contribution in [2.75, 3.05) is 27.7 Å². The Morgan fingerprint density at radius 2 is 1.29 bits per heavy atom. The van der Waals surface area contributed by atoms with E-state index in [1.54, 1.807) is 0 Å². The maximum atomic E-state index is 12.1. The second-order valence-corrected chi connectivity index (χ2v) is 10.1. The summed E-state index contributed by atoms with van der Waals surface area (Å²) in [7, 11) is 5.81. The Labute approximate surface area is 190 Å². The lowest BCUT2D eigenvalue weighted by molar-refractivity contribution is -0.873. The van der Waals surface area contributed by atoms with E-state index in [2.05, 4.69) is 6.92 Å². The molecule has 2 unspecified atom stereocenters. The molecule has 2 atom stereocenters. The zero-order chi connectivity index (χ0) is 23.5. The fraction of sp³-hybridized carbons (Fsp3) is 0.920. The molecule has 0 saturated carbocycles.